The summed E-state index contributed by atoms with van der Waals surface area (Å²) in [5.74, 6) is 2.11. The van der Waals surface area contributed by atoms with E-state index in [9.17, 15) is 14.9 Å². The number of nitro groups is 1. The van der Waals surface area contributed by atoms with Crippen molar-refractivity contribution in [2.45, 2.75) is 12.8 Å². The molecule has 1 aromatic rings. The van der Waals surface area contributed by atoms with E-state index in [0.717, 1.165) is 0 Å². The number of nitrogens with zero attached hydrogens (tertiary/aromatic N) is 1. The van der Waals surface area contributed by atoms with Crippen LogP contribution in [-0.2, 0) is 0 Å². The Labute approximate surface area is 113 Å². The first kappa shape index (κ1) is 14.2. The van der Waals surface area contributed by atoms with Crippen molar-refractivity contribution in [3.8, 4) is 12.3 Å². The van der Waals surface area contributed by atoms with E-state index in [1.54, 1.807) is 0 Å². The van der Waals surface area contributed by atoms with Crippen molar-refractivity contribution in [1.29, 1.82) is 0 Å². The van der Waals surface area contributed by atoms with Gasteiger partial charge in [-0.2, -0.15) is 0 Å². The van der Waals surface area contributed by atoms with Gasteiger partial charge in [0.2, 0.25) is 0 Å². The van der Waals surface area contributed by atoms with Crippen LogP contribution in [0.25, 0.3) is 0 Å². The van der Waals surface area contributed by atoms with Crippen LogP contribution in [0.1, 0.15) is 23.2 Å². The molecular formula is C12H11BrN2O3. The summed E-state index contributed by atoms with van der Waals surface area (Å²) in [6.07, 6.45) is 6.34. The molecule has 1 rings (SSSR count). The SMILES string of the molecule is C#CCCCNC(=O)c1cc([N+](=O)[O-])ccc1Br. The van der Waals surface area contributed by atoms with Crippen molar-refractivity contribution in [1.82, 2.24) is 5.32 Å². The number of carbonyl (C=O) groups is 1. The molecule has 0 aliphatic rings. The molecular weight excluding hydrogens is 300 g/mol. The number of nitrogens with one attached hydrogen (secondary N) is 1. The second-order valence-corrected chi connectivity index (χ2v) is 4.34. The minimum Gasteiger partial charge on any atom is -0.352 e. The topological polar surface area (TPSA) is 72.2 Å². The molecule has 0 bridgehead atoms. The van der Waals surface area contributed by atoms with Gasteiger partial charge in [0.15, 0.2) is 0 Å². The first-order valence-corrected chi connectivity index (χ1v) is 6.01. The molecule has 6 heteroatoms. The second-order valence-electron chi connectivity index (χ2n) is 3.48. The third-order valence-electron chi connectivity index (χ3n) is 2.19. The number of carbonyl (C=O) groups excluding carboxylic acids is 1. The van der Waals surface area contributed by atoms with E-state index in [4.69, 9.17) is 6.42 Å². The lowest BCUT2D eigenvalue weighted by Crippen LogP contribution is -2.24. The zero-order chi connectivity index (χ0) is 13.5. The lowest BCUT2D eigenvalue weighted by atomic mass is 10.2. The number of nitro benzene ring substituents is 1. The third-order valence-corrected chi connectivity index (χ3v) is 2.88. The van der Waals surface area contributed by atoms with Crippen LogP contribution in [-0.4, -0.2) is 17.4 Å². The summed E-state index contributed by atoms with van der Waals surface area (Å²) >= 11 is 3.19. The number of unbranched alkanes of at least 4 members (excludes halogenated alkanes) is 1. The fraction of sp³-hybridized carbons (Fsp3) is 0.250. The van der Waals surface area contributed by atoms with Crippen LogP contribution in [0.15, 0.2) is 22.7 Å². The Hall–Kier alpha value is -1.87. The Morgan fingerprint density at radius 1 is 1.56 bits per heavy atom. The van der Waals surface area contributed by atoms with Crippen molar-refractivity contribution in [3.63, 3.8) is 0 Å². The molecule has 0 aliphatic carbocycles. The van der Waals surface area contributed by atoms with Crippen molar-refractivity contribution in [2.75, 3.05) is 6.54 Å². The molecule has 0 radical (unpaired) electrons. The van der Waals surface area contributed by atoms with Gasteiger partial charge < -0.3 is 5.32 Å². The van der Waals surface area contributed by atoms with Crippen LogP contribution in [0.2, 0.25) is 0 Å². The molecule has 0 heterocycles. The lowest BCUT2D eigenvalue weighted by Gasteiger charge is -2.05. The molecule has 0 fully saturated rings. The minimum absolute atomic E-state index is 0.119. The van der Waals surface area contributed by atoms with E-state index < -0.39 is 4.92 Å². The zero-order valence-corrected chi connectivity index (χ0v) is 11.1. The molecule has 0 saturated carbocycles. The van der Waals surface area contributed by atoms with Crippen molar-refractivity contribution in [2.24, 2.45) is 0 Å². The number of non-ortho nitro benzene ring substituents is 1. The van der Waals surface area contributed by atoms with Gasteiger partial charge in [-0.05, 0) is 28.4 Å². The molecule has 0 aromatic heterocycles. The Bertz CT molecular complexity index is 509. The Morgan fingerprint density at radius 2 is 2.28 bits per heavy atom. The molecule has 1 aromatic carbocycles. The molecule has 0 spiro atoms. The van der Waals surface area contributed by atoms with Gasteiger partial charge in [0.05, 0.1) is 10.5 Å². The molecule has 18 heavy (non-hydrogen) atoms. The predicted octanol–water partition coefficient (Wildman–Crippen LogP) is 2.50. The van der Waals surface area contributed by atoms with E-state index in [-0.39, 0.29) is 17.2 Å². The van der Waals surface area contributed by atoms with Gasteiger partial charge in [0.1, 0.15) is 0 Å². The molecule has 0 atom stereocenters. The average molecular weight is 311 g/mol. The van der Waals surface area contributed by atoms with Gasteiger partial charge in [0, 0.05) is 29.6 Å². The number of amides is 1. The Kier molecular flexibility index (Phi) is 5.33. The van der Waals surface area contributed by atoms with Gasteiger partial charge in [-0.1, -0.05) is 0 Å². The average Bonchev–Trinajstić information content (AvgIpc) is 2.34. The van der Waals surface area contributed by atoms with E-state index in [2.05, 4.69) is 27.2 Å². The standard InChI is InChI=1S/C12H11BrN2O3/c1-2-3-4-7-14-12(16)10-8-9(15(17)18)5-6-11(10)13/h1,5-6,8H,3-4,7H2,(H,14,16). The molecule has 0 unspecified atom stereocenters. The van der Waals surface area contributed by atoms with E-state index in [1.165, 1.54) is 18.2 Å². The second kappa shape index (κ2) is 6.77. The Morgan fingerprint density at radius 3 is 2.89 bits per heavy atom. The maximum Gasteiger partial charge on any atom is 0.270 e. The van der Waals surface area contributed by atoms with Crippen LogP contribution in [0.3, 0.4) is 0 Å². The fourth-order valence-corrected chi connectivity index (χ4v) is 1.72. The maximum absolute atomic E-state index is 11.8. The summed E-state index contributed by atoms with van der Waals surface area (Å²) in [6, 6.07) is 4.05. The van der Waals surface area contributed by atoms with Crippen molar-refractivity contribution < 1.29 is 9.72 Å². The van der Waals surface area contributed by atoms with Gasteiger partial charge >= 0.3 is 0 Å². The number of hydrogen-bond acceptors (Lipinski definition) is 3. The highest BCUT2D eigenvalue weighted by Crippen LogP contribution is 2.22. The zero-order valence-electron chi connectivity index (χ0n) is 9.48. The molecule has 5 nitrogen and oxygen atoms in total. The summed E-state index contributed by atoms with van der Waals surface area (Å²) in [4.78, 5) is 21.9. The first-order chi connectivity index (χ1) is 8.56. The number of terminal acetylenes is 1. The molecule has 1 amide bonds. The predicted molar refractivity (Wildman–Crippen MR) is 71.2 cm³/mol. The molecule has 1 N–H and O–H groups in total. The normalized spacial score (nSPS) is 9.56. The summed E-state index contributed by atoms with van der Waals surface area (Å²) < 4.78 is 0.516. The van der Waals surface area contributed by atoms with Crippen molar-refractivity contribution in [3.05, 3.63) is 38.3 Å². The van der Waals surface area contributed by atoms with Crippen LogP contribution < -0.4 is 5.32 Å². The van der Waals surface area contributed by atoms with Crippen LogP contribution in [0.4, 0.5) is 5.69 Å². The van der Waals surface area contributed by atoms with Gasteiger partial charge in [0.25, 0.3) is 11.6 Å². The molecule has 0 saturated heterocycles. The number of benzene rings is 1. The van der Waals surface area contributed by atoms with Crippen LogP contribution in [0, 0.1) is 22.5 Å². The fourth-order valence-electron chi connectivity index (χ4n) is 1.29. The third kappa shape index (κ3) is 3.86. The van der Waals surface area contributed by atoms with Gasteiger partial charge in [-0.15, -0.1) is 12.3 Å². The number of hydrogen-bond donors (Lipinski definition) is 1. The number of halogens is 1. The summed E-state index contributed by atoms with van der Waals surface area (Å²) in [6.45, 7) is 0.443. The summed E-state index contributed by atoms with van der Waals surface area (Å²) in [5.41, 5.74) is 0.122. The highest BCUT2D eigenvalue weighted by Gasteiger charge is 2.14. The van der Waals surface area contributed by atoms with Crippen LogP contribution in [0.5, 0.6) is 0 Å². The first-order valence-electron chi connectivity index (χ1n) is 5.22. The van der Waals surface area contributed by atoms with Crippen molar-refractivity contribution >= 4 is 27.5 Å². The number of rotatable bonds is 5. The van der Waals surface area contributed by atoms with Gasteiger partial charge in [-0.25, -0.2) is 0 Å². The van der Waals surface area contributed by atoms with E-state index >= 15 is 0 Å². The minimum atomic E-state index is -0.540. The Balaban J connectivity index is 2.76. The maximum atomic E-state index is 11.8. The quantitative estimate of drug-likeness (QED) is 0.393. The molecule has 94 valence electrons. The largest absolute Gasteiger partial charge is 0.352 e. The van der Waals surface area contributed by atoms with Gasteiger partial charge in [-0.3, -0.25) is 14.9 Å². The van der Waals surface area contributed by atoms with E-state index in [1.807, 2.05) is 0 Å². The summed E-state index contributed by atoms with van der Waals surface area (Å²) in [5, 5.41) is 13.3. The van der Waals surface area contributed by atoms with Crippen LogP contribution >= 0.6 is 15.9 Å². The highest BCUT2D eigenvalue weighted by atomic mass is 79.9. The lowest BCUT2D eigenvalue weighted by molar-refractivity contribution is -0.384. The monoisotopic (exact) mass is 310 g/mol. The smallest absolute Gasteiger partial charge is 0.270 e. The summed E-state index contributed by atoms with van der Waals surface area (Å²) in [7, 11) is 0. The molecule has 0 aliphatic heterocycles. The highest BCUT2D eigenvalue weighted by molar-refractivity contribution is 9.10. The van der Waals surface area contributed by atoms with E-state index in [0.29, 0.717) is 23.9 Å².